The molecule has 1 amide bonds. The molecule has 0 aromatic carbocycles. The largest absolute Gasteiger partial charge is 0.434 e. The standard InChI is InChI=1S/C17H22F3N3O4/c18-17(19,20)13(10-24)27-15(25)23-7-4-16(5-8-23)9-12(11-26-16)22-14-3-1-2-6-21-14/h1-3,6,12-13,24H,4-5,7-11H2,(H,21,22)/t12?,13-/m1/s1. The second-order valence-electron chi connectivity index (χ2n) is 6.84. The number of ether oxygens (including phenoxy) is 2. The number of halogens is 3. The van der Waals surface area contributed by atoms with Gasteiger partial charge in [-0.05, 0) is 31.4 Å². The molecule has 0 radical (unpaired) electrons. The first-order chi connectivity index (χ1) is 12.8. The molecule has 150 valence electrons. The summed E-state index contributed by atoms with van der Waals surface area (Å²) in [6, 6.07) is 5.66. The monoisotopic (exact) mass is 389 g/mol. The lowest BCUT2D eigenvalue weighted by molar-refractivity contribution is -0.215. The van der Waals surface area contributed by atoms with Crippen molar-refractivity contribution in [2.45, 2.75) is 43.2 Å². The molecule has 2 aliphatic heterocycles. The molecule has 10 heteroatoms. The van der Waals surface area contributed by atoms with Gasteiger partial charge in [0.1, 0.15) is 5.82 Å². The van der Waals surface area contributed by atoms with Crippen LogP contribution in [0.15, 0.2) is 24.4 Å². The molecule has 2 aliphatic rings. The first-order valence-electron chi connectivity index (χ1n) is 8.76. The Hall–Kier alpha value is -2.07. The molecule has 2 atom stereocenters. The average molecular weight is 389 g/mol. The quantitative estimate of drug-likeness (QED) is 0.821. The van der Waals surface area contributed by atoms with Crippen LogP contribution in [0.4, 0.5) is 23.8 Å². The van der Waals surface area contributed by atoms with Gasteiger partial charge in [0.15, 0.2) is 0 Å². The zero-order chi connectivity index (χ0) is 19.5. The third-order valence-corrected chi connectivity index (χ3v) is 4.93. The summed E-state index contributed by atoms with van der Waals surface area (Å²) in [5.74, 6) is 0.756. The highest BCUT2D eigenvalue weighted by atomic mass is 19.4. The van der Waals surface area contributed by atoms with E-state index in [4.69, 9.17) is 9.84 Å². The second kappa shape index (κ2) is 7.89. The predicted molar refractivity (Wildman–Crippen MR) is 89.2 cm³/mol. The number of pyridine rings is 1. The van der Waals surface area contributed by atoms with E-state index in [-0.39, 0.29) is 19.1 Å². The van der Waals surface area contributed by atoms with Gasteiger partial charge in [0, 0.05) is 19.3 Å². The maximum Gasteiger partial charge on any atom is 0.427 e. The molecule has 0 aliphatic carbocycles. The Labute approximate surface area is 154 Å². The molecule has 3 rings (SSSR count). The molecular weight excluding hydrogens is 367 g/mol. The van der Waals surface area contributed by atoms with Gasteiger partial charge in [0.25, 0.3) is 0 Å². The fraction of sp³-hybridized carbons (Fsp3) is 0.647. The number of nitrogens with one attached hydrogen (secondary N) is 1. The number of carbonyl (C=O) groups excluding carboxylic acids is 1. The normalized spacial score (nSPS) is 23.3. The molecule has 2 saturated heterocycles. The molecule has 2 N–H and O–H groups in total. The van der Waals surface area contributed by atoms with Crippen molar-refractivity contribution in [1.82, 2.24) is 9.88 Å². The summed E-state index contributed by atoms with van der Waals surface area (Å²) in [6.45, 7) is -0.311. The van der Waals surface area contributed by atoms with Crippen molar-refractivity contribution >= 4 is 11.9 Å². The summed E-state index contributed by atoms with van der Waals surface area (Å²) in [4.78, 5) is 17.4. The van der Waals surface area contributed by atoms with E-state index in [1.807, 2.05) is 18.2 Å². The van der Waals surface area contributed by atoms with Gasteiger partial charge in [-0.3, -0.25) is 0 Å². The van der Waals surface area contributed by atoms with E-state index in [0.717, 1.165) is 12.2 Å². The summed E-state index contributed by atoms with van der Waals surface area (Å²) in [5.41, 5.74) is -0.399. The molecular formula is C17H22F3N3O4. The molecule has 0 saturated carbocycles. The van der Waals surface area contributed by atoms with Crippen molar-refractivity contribution < 1.29 is 32.5 Å². The Morgan fingerprint density at radius 2 is 2.19 bits per heavy atom. The fourth-order valence-electron chi connectivity index (χ4n) is 3.44. The van der Waals surface area contributed by atoms with Crippen LogP contribution in [0.3, 0.4) is 0 Å². The van der Waals surface area contributed by atoms with E-state index in [0.29, 0.717) is 19.4 Å². The van der Waals surface area contributed by atoms with Crippen LogP contribution in [-0.2, 0) is 9.47 Å². The van der Waals surface area contributed by atoms with Crippen molar-refractivity contribution in [1.29, 1.82) is 0 Å². The zero-order valence-corrected chi connectivity index (χ0v) is 14.6. The summed E-state index contributed by atoms with van der Waals surface area (Å²) in [6.07, 6.45) is -4.91. The van der Waals surface area contributed by atoms with E-state index >= 15 is 0 Å². The summed E-state index contributed by atoms with van der Waals surface area (Å²) >= 11 is 0. The minimum Gasteiger partial charge on any atom is -0.434 e. The lowest BCUT2D eigenvalue weighted by Gasteiger charge is -2.38. The van der Waals surface area contributed by atoms with Gasteiger partial charge < -0.3 is 24.8 Å². The number of anilines is 1. The van der Waals surface area contributed by atoms with Crippen LogP contribution in [0.25, 0.3) is 0 Å². The highest BCUT2D eigenvalue weighted by Gasteiger charge is 2.46. The number of hydrogen-bond acceptors (Lipinski definition) is 6. The maximum absolute atomic E-state index is 12.6. The van der Waals surface area contributed by atoms with Gasteiger partial charge in [0.05, 0.1) is 24.9 Å². The summed E-state index contributed by atoms with van der Waals surface area (Å²) < 4.78 is 48.2. The molecule has 7 nitrogen and oxygen atoms in total. The van der Waals surface area contributed by atoms with Gasteiger partial charge in [0.2, 0.25) is 6.10 Å². The Bertz CT molecular complexity index is 636. The van der Waals surface area contributed by atoms with Crippen molar-refractivity contribution in [3.05, 3.63) is 24.4 Å². The smallest absolute Gasteiger partial charge is 0.427 e. The molecule has 27 heavy (non-hydrogen) atoms. The van der Waals surface area contributed by atoms with E-state index in [2.05, 4.69) is 15.0 Å². The van der Waals surface area contributed by atoms with Crippen LogP contribution in [0.1, 0.15) is 19.3 Å². The van der Waals surface area contributed by atoms with Gasteiger partial charge in [-0.2, -0.15) is 13.2 Å². The first kappa shape index (κ1) is 19.7. The SMILES string of the molecule is O=C(O[C@H](CO)C(F)(F)F)N1CCC2(CC1)CC(Nc1ccccn1)CO2. The number of carbonyl (C=O) groups is 1. The Balaban J connectivity index is 1.49. The van der Waals surface area contributed by atoms with Crippen LogP contribution in [0.5, 0.6) is 0 Å². The van der Waals surface area contributed by atoms with Crippen molar-refractivity contribution in [3.8, 4) is 0 Å². The number of aromatic nitrogens is 1. The van der Waals surface area contributed by atoms with E-state index in [1.165, 1.54) is 4.90 Å². The van der Waals surface area contributed by atoms with Crippen LogP contribution in [-0.4, -0.2) is 71.3 Å². The van der Waals surface area contributed by atoms with Crippen LogP contribution >= 0.6 is 0 Å². The lowest BCUT2D eigenvalue weighted by Crippen LogP contribution is -2.49. The zero-order valence-electron chi connectivity index (χ0n) is 14.6. The predicted octanol–water partition coefficient (Wildman–Crippen LogP) is 2.18. The molecule has 1 aromatic heterocycles. The highest BCUT2D eigenvalue weighted by molar-refractivity contribution is 5.68. The molecule has 0 bridgehead atoms. The lowest BCUT2D eigenvalue weighted by atomic mass is 9.87. The number of alkyl halides is 3. The number of amides is 1. The summed E-state index contributed by atoms with van der Waals surface area (Å²) in [5, 5.41) is 12.1. The average Bonchev–Trinajstić information content (AvgIpc) is 3.02. The van der Waals surface area contributed by atoms with Crippen molar-refractivity contribution in [2.75, 3.05) is 31.6 Å². The van der Waals surface area contributed by atoms with Gasteiger partial charge in [-0.1, -0.05) is 6.07 Å². The molecule has 1 spiro atoms. The number of rotatable bonds is 4. The van der Waals surface area contributed by atoms with E-state index < -0.39 is 30.6 Å². The van der Waals surface area contributed by atoms with Crippen molar-refractivity contribution in [3.63, 3.8) is 0 Å². The van der Waals surface area contributed by atoms with Crippen LogP contribution < -0.4 is 5.32 Å². The molecule has 2 fully saturated rings. The Morgan fingerprint density at radius 3 is 2.78 bits per heavy atom. The highest BCUT2D eigenvalue weighted by Crippen LogP contribution is 2.37. The summed E-state index contributed by atoms with van der Waals surface area (Å²) in [7, 11) is 0. The number of aliphatic hydroxyl groups excluding tert-OH is 1. The van der Waals surface area contributed by atoms with Gasteiger partial charge in [-0.25, -0.2) is 9.78 Å². The first-order valence-corrected chi connectivity index (χ1v) is 8.76. The molecule has 1 unspecified atom stereocenters. The fourth-order valence-corrected chi connectivity index (χ4v) is 3.44. The third kappa shape index (κ3) is 4.81. The number of likely N-dealkylation sites (tertiary alicyclic amines) is 1. The Morgan fingerprint density at radius 1 is 1.44 bits per heavy atom. The number of nitrogens with zero attached hydrogens (tertiary/aromatic N) is 2. The minimum absolute atomic E-state index is 0.0856. The minimum atomic E-state index is -4.79. The molecule has 3 heterocycles. The van der Waals surface area contributed by atoms with Crippen molar-refractivity contribution in [2.24, 2.45) is 0 Å². The number of hydrogen-bond donors (Lipinski definition) is 2. The molecule has 1 aromatic rings. The van der Waals surface area contributed by atoms with Crippen LogP contribution in [0.2, 0.25) is 0 Å². The van der Waals surface area contributed by atoms with E-state index in [1.54, 1.807) is 6.20 Å². The topological polar surface area (TPSA) is 83.9 Å². The maximum atomic E-state index is 12.6. The van der Waals surface area contributed by atoms with Gasteiger partial charge in [-0.15, -0.1) is 0 Å². The second-order valence-corrected chi connectivity index (χ2v) is 6.84. The Kier molecular flexibility index (Phi) is 5.75. The van der Waals surface area contributed by atoms with Crippen LogP contribution in [0, 0.1) is 0 Å². The van der Waals surface area contributed by atoms with E-state index in [9.17, 15) is 18.0 Å². The number of piperidine rings is 1. The number of aliphatic hydroxyl groups is 1. The van der Waals surface area contributed by atoms with Gasteiger partial charge >= 0.3 is 12.3 Å². The third-order valence-electron chi connectivity index (χ3n) is 4.93.